The SMILES string of the molecule is CC1(C)CCCC(NS(=O)(=O)c2ccc(Cl)nc2)C1. The lowest BCUT2D eigenvalue weighted by Crippen LogP contribution is -2.40. The highest BCUT2D eigenvalue weighted by Crippen LogP contribution is 2.35. The van der Waals surface area contributed by atoms with Gasteiger partial charge in [0.15, 0.2) is 0 Å². The van der Waals surface area contributed by atoms with Crippen molar-refractivity contribution in [2.45, 2.75) is 50.5 Å². The Hall–Kier alpha value is -0.650. The van der Waals surface area contributed by atoms with Crippen molar-refractivity contribution in [1.82, 2.24) is 9.71 Å². The van der Waals surface area contributed by atoms with Crippen LogP contribution in [-0.2, 0) is 10.0 Å². The molecule has 2 rings (SSSR count). The van der Waals surface area contributed by atoms with Gasteiger partial charge in [-0.15, -0.1) is 0 Å². The Bertz CT molecular complexity index is 540. The first kappa shape index (κ1) is 14.8. The van der Waals surface area contributed by atoms with Crippen LogP contribution in [0, 0.1) is 5.41 Å². The number of pyridine rings is 1. The molecule has 0 saturated heterocycles. The summed E-state index contributed by atoms with van der Waals surface area (Å²) in [4.78, 5) is 3.98. The van der Waals surface area contributed by atoms with Crippen LogP contribution in [0.5, 0.6) is 0 Å². The molecule has 1 atom stereocenters. The van der Waals surface area contributed by atoms with E-state index >= 15 is 0 Å². The summed E-state index contributed by atoms with van der Waals surface area (Å²) in [6, 6.07) is 2.97. The zero-order valence-electron chi connectivity index (χ0n) is 11.2. The van der Waals surface area contributed by atoms with Crippen LogP contribution in [0.4, 0.5) is 0 Å². The second kappa shape index (κ2) is 5.38. The third-order valence-electron chi connectivity index (χ3n) is 3.54. The standard InChI is InChI=1S/C13H19ClN2O2S/c1-13(2)7-3-4-10(8-13)16-19(17,18)11-5-6-12(14)15-9-11/h5-6,9-10,16H,3-4,7-8H2,1-2H3. The van der Waals surface area contributed by atoms with Gasteiger partial charge in [0.05, 0.1) is 0 Å². The quantitative estimate of drug-likeness (QED) is 0.873. The van der Waals surface area contributed by atoms with Crippen molar-refractivity contribution in [3.8, 4) is 0 Å². The number of hydrogen-bond acceptors (Lipinski definition) is 3. The van der Waals surface area contributed by atoms with Gasteiger partial charge in [-0.25, -0.2) is 18.1 Å². The summed E-state index contributed by atoms with van der Waals surface area (Å²) < 4.78 is 27.2. The molecule has 1 aromatic rings. The van der Waals surface area contributed by atoms with Crippen molar-refractivity contribution < 1.29 is 8.42 Å². The van der Waals surface area contributed by atoms with Crippen molar-refractivity contribution in [2.24, 2.45) is 5.41 Å². The monoisotopic (exact) mass is 302 g/mol. The summed E-state index contributed by atoms with van der Waals surface area (Å²) in [5, 5.41) is 0.290. The molecule has 0 spiro atoms. The Labute approximate surface area is 119 Å². The zero-order chi connectivity index (χ0) is 14.1. The van der Waals surface area contributed by atoms with E-state index in [1.165, 1.54) is 18.3 Å². The lowest BCUT2D eigenvalue weighted by atomic mass is 9.75. The fourth-order valence-corrected chi connectivity index (χ4v) is 3.93. The van der Waals surface area contributed by atoms with Crippen LogP contribution in [0.2, 0.25) is 5.15 Å². The average molecular weight is 303 g/mol. The van der Waals surface area contributed by atoms with E-state index in [-0.39, 0.29) is 21.5 Å². The highest BCUT2D eigenvalue weighted by molar-refractivity contribution is 7.89. The van der Waals surface area contributed by atoms with Gasteiger partial charge in [-0.05, 0) is 36.8 Å². The number of nitrogens with zero attached hydrogens (tertiary/aromatic N) is 1. The van der Waals surface area contributed by atoms with Crippen molar-refractivity contribution in [3.05, 3.63) is 23.5 Å². The van der Waals surface area contributed by atoms with Crippen molar-refractivity contribution in [1.29, 1.82) is 0 Å². The molecule has 106 valence electrons. The molecular formula is C13H19ClN2O2S. The molecule has 1 saturated carbocycles. The molecule has 1 unspecified atom stereocenters. The van der Waals surface area contributed by atoms with Crippen LogP contribution < -0.4 is 4.72 Å². The fourth-order valence-electron chi connectivity index (χ4n) is 2.61. The number of halogens is 1. The Morgan fingerprint density at radius 1 is 1.42 bits per heavy atom. The summed E-state index contributed by atoms with van der Waals surface area (Å²) in [7, 11) is -3.50. The molecule has 1 N–H and O–H groups in total. The van der Waals surface area contributed by atoms with Crippen LogP contribution in [0.1, 0.15) is 39.5 Å². The molecule has 1 aliphatic rings. The number of aromatic nitrogens is 1. The molecule has 1 fully saturated rings. The molecule has 0 radical (unpaired) electrons. The van der Waals surface area contributed by atoms with E-state index in [0.29, 0.717) is 0 Å². The van der Waals surface area contributed by atoms with E-state index in [4.69, 9.17) is 11.6 Å². The van der Waals surface area contributed by atoms with Crippen LogP contribution in [0.3, 0.4) is 0 Å². The van der Waals surface area contributed by atoms with Crippen molar-refractivity contribution in [2.75, 3.05) is 0 Å². The topological polar surface area (TPSA) is 59.1 Å². The maximum atomic E-state index is 12.2. The minimum absolute atomic E-state index is 0.00410. The first-order valence-electron chi connectivity index (χ1n) is 6.42. The smallest absolute Gasteiger partial charge is 0.242 e. The van der Waals surface area contributed by atoms with Gasteiger partial charge in [0.1, 0.15) is 10.0 Å². The molecule has 4 nitrogen and oxygen atoms in total. The number of sulfonamides is 1. The summed E-state index contributed by atoms with van der Waals surface area (Å²) >= 11 is 5.66. The second-order valence-corrected chi connectivity index (χ2v) is 8.00. The van der Waals surface area contributed by atoms with Gasteiger partial charge in [0.25, 0.3) is 0 Å². The third-order valence-corrected chi connectivity index (χ3v) is 5.27. The van der Waals surface area contributed by atoms with Gasteiger partial charge in [-0.3, -0.25) is 0 Å². The zero-order valence-corrected chi connectivity index (χ0v) is 12.8. The first-order chi connectivity index (χ1) is 8.78. The molecule has 0 bridgehead atoms. The van der Waals surface area contributed by atoms with Gasteiger partial charge in [-0.1, -0.05) is 31.9 Å². The largest absolute Gasteiger partial charge is 0.243 e. The number of rotatable bonds is 3. The summed E-state index contributed by atoms with van der Waals surface area (Å²) in [5.74, 6) is 0. The maximum absolute atomic E-state index is 12.2. The van der Waals surface area contributed by atoms with E-state index in [1.807, 2.05) is 0 Å². The summed E-state index contributed by atoms with van der Waals surface area (Å²) in [5.41, 5.74) is 0.198. The molecule has 6 heteroatoms. The molecule has 1 aromatic heterocycles. The van der Waals surface area contributed by atoms with E-state index in [9.17, 15) is 8.42 Å². The molecule has 1 aliphatic carbocycles. The highest BCUT2D eigenvalue weighted by atomic mass is 35.5. The van der Waals surface area contributed by atoms with Crippen molar-refractivity contribution in [3.63, 3.8) is 0 Å². The fraction of sp³-hybridized carbons (Fsp3) is 0.615. The average Bonchev–Trinajstić information content (AvgIpc) is 2.27. The molecule has 0 aliphatic heterocycles. The second-order valence-electron chi connectivity index (χ2n) is 5.90. The van der Waals surface area contributed by atoms with E-state index in [1.54, 1.807) is 0 Å². The minimum atomic E-state index is -3.50. The first-order valence-corrected chi connectivity index (χ1v) is 8.29. The van der Waals surface area contributed by atoms with Gasteiger partial charge in [0, 0.05) is 12.2 Å². The van der Waals surface area contributed by atoms with E-state index in [0.717, 1.165) is 25.7 Å². The van der Waals surface area contributed by atoms with Gasteiger partial charge in [0.2, 0.25) is 10.0 Å². The normalized spacial score (nSPS) is 23.2. The Balaban J connectivity index is 2.11. The van der Waals surface area contributed by atoms with Crippen molar-refractivity contribution >= 4 is 21.6 Å². The molecule has 0 amide bonds. The summed E-state index contributed by atoms with van der Waals surface area (Å²) in [6.45, 7) is 4.36. The predicted octanol–water partition coefficient (Wildman–Crippen LogP) is 2.98. The van der Waals surface area contributed by atoms with E-state index in [2.05, 4.69) is 23.6 Å². The van der Waals surface area contributed by atoms with Crippen LogP contribution in [0.25, 0.3) is 0 Å². The Morgan fingerprint density at radius 3 is 2.74 bits per heavy atom. The lowest BCUT2D eigenvalue weighted by molar-refractivity contribution is 0.212. The molecular weight excluding hydrogens is 284 g/mol. The molecule has 0 aromatic carbocycles. The molecule has 1 heterocycles. The van der Waals surface area contributed by atoms with Crippen LogP contribution in [-0.4, -0.2) is 19.4 Å². The Morgan fingerprint density at radius 2 is 2.16 bits per heavy atom. The predicted molar refractivity (Wildman–Crippen MR) is 75.6 cm³/mol. The third kappa shape index (κ3) is 3.91. The maximum Gasteiger partial charge on any atom is 0.242 e. The lowest BCUT2D eigenvalue weighted by Gasteiger charge is -2.35. The summed E-state index contributed by atoms with van der Waals surface area (Å²) in [6.07, 6.45) is 5.25. The van der Waals surface area contributed by atoms with Gasteiger partial charge >= 0.3 is 0 Å². The Kier molecular flexibility index (Phi) is 4.18. The van der Waals surface area contributed by atoms with E-state index < -0.39 is 10.0 Å². The molecule has 19 heavy (non-hydrogen) atoms. The highest BCUT2D eigenvalue weighted by Gasteiger charge is 2.30. The van der Waals surface area contributed by atoms with Gasteiger partial charge in [-0.2, -0.15) is 0 Å². The van der Waals surface area contributed by atoms with Crippen LogP contribution in [0.15, 0.2) is 23.2 Å². The van der Waals surface area contributed by atoms with Gasteiger partial charge < -0.3 is 0 Å². The number of hydrogen-bond donors (Lipinski definition) is 1. The number of nitrogens with one attached hydrogen (secondary N) is 1. The van der Waals surface area contributed by atoms with Crippen LogP contribution >= 0.6 is 11.6 Å². The minimum Gasteiger partial charge on any atom is -0.243 e.